The zero-order chi connectivity index (χ0) is 30.5. The van der Waals surface area contributed by atoms with Crippen molar-refractivity contribution in [3.8, 4) is 17.1 Å². The quantitative estimate of drug-likeness (QED) is 0.136. The van der Waals surface area contributed by atoms with Crippen LogP contribution in [0.5, 0.6) is 5.75 Å². The van der Waals surface area contributed by atoms with Gasteiger partial charge in [0, 0.05) is 41.6 Å². The number of carbonyl (C=O) groups excluding carboxylic acids is 4. The molecule has 0 saturated carbocycles. The highest BCUT2D eigenvalue weighted by Gasteiger charge is 2.45. The maximum absolute atomic E-state index is 13.5. The Morgan fingerprint density at radius 2 is 1.81 bits per heavy atom. The molecule has 43 heavy (non-hydrogen) atoms. The number of nitrogens with zero attached hydrogens (tertiary/aromatic N) is 3. The van der Waals surface area contributed by atoms with E-state index < -0.39 is 11.6 Å². The SMILES string of the molecule is CCc1c2c(nc3ccc(OC(=O)CCCCCN4C(=O)C=CC4=O)cc13)-c1cc3c(c(=O)n1C2)COC(=O)[C@]3(O)CC. The highest BCUT2D eigenvalue weighted by atomic mass is 16.6. The number of benzene rings is 1. The second-order valence-corrected chi connectivity index (χ2v) is 11.0. The number of pyridine rings is 2. The number of aryl methyl sites for hydroxylation is 1. The van der Waals surface area contributed by atoms with E-state index in [0.717, 1.165) is 16.5 Å². The van der Waals surface area contributed by atoms with Crippen LogP contribution in [0, 0.1) is 0 Å². The minimum atomic E-state index is -1.89. The zero-order valence-electron chi connectivity index (χ0n) is 24.0. The summed E-state index contributed by atoms with van der Waals surface area (Å²) in [7, 11) is 0. The van der Waals surface area contributed by atoms with Gasteiger partial charge in [0.2, 0.25) is 0 Å². The second-order valence-electron chi connectivity index (χ2n) is 11.0. The monoisotopic (exact) mass is 585 g/mol. The number of rotatable bonds is 9. The van der Waals surface area contributed by atoms with Crippen molar-refractivity contribution in [2.45, 2.75) is 71.1 Å². The van der Waals surface area contributed by atoms with E-state index in [1.54, 1.807) is 35.8 Å². The third-order valence-corrected chi connectivity index (χ3v) is 8.53. The predicted octanol–water partition coefficient (Wildman–Crippen LogP) is 3.03. The van der Waals surface area contributed by atoms with E-state index in [1.165, 1.54) is 17.1 Å². The number of unbranched alkanes of at least 4 members (excludes halogenated alkanes) is 2. The summed E-state index contributed by atoms with van der Waals surface area (Å²) < 4.78 is 12.4. The molecule has 0 fully saturated rings. The van der Waals surface area contributed by atoms with Crippen LogP contribution < -0.4 is 10.3 Å². The molecule has 0 spiro atoms. The number of amides is 2. The lowest BCUT2D eigenvalue weighted by Gasteiger charge is -2.31. The number of hydrogen-bond donors (Lipinski definition) is 1. The number of cyclic esters (lactones) is 1. The van der Waals surface area contributed by atoms with Gasteiger partial charge in [0.1, 0.15) is 12.4 Å². The van der Waals surface area contributed by atoms with Gasteiger partial charge in [-0.1, -0.05) is 20.3 Å². The summed E-state index contributed by atoms with van der Waals surface area (Å²) in [6, 6.07) is 6.93. The molecule has 3 aliphatic heterocycles. The van der Waals surface area contributed by atoms with Gasteiger partial charge in [-0.25, -0.2) is 9.78 Å². The van der Waals surface area contributed by atoms with Crippen LogP contribution in [-0.4, -0.2) is 49.9 Å². The van der Waals surface area contributed by atoms with Gasteiger partial charge in [-0.2, -0.15) is 0 Å². The Morgan fingerprint density at radius 3 is 2.53 bits per heavy atom. The molecule has 2 amide bonds. The number of carbonyl (C=O) groups is 4. The fourth-order valence-electron chi connectivity index (χ4n) is 6.16. The first-order chi connectivity index (χ1) is 20.7. The number of hydrogen-bond acceptors (Lipinski definition) is 9. The van der Waals surface area contributed by atoms with E-state index in [-0.39, 0.29) is 60.5 Å². The maximum Gasteiger partial charge on any atom is 0.343 e. The smallest absolute Gasteiger partial charge is 0.343 e. The van der Waals surface area contributed by atoms with Crippen LogP contribution >= 0.6 is 0 Å². The van der Waals surface area contributed by atoms with Crippen molar-refractivity contribution in [1.82, 2.24) is 14.5 Å². The number of esters is 2. The van der Waals surface area contributed by atoms with Crippen LogP contribution in [0.4, 0.5) is 0 Å². The van der Waals surface area contributed by atoms with Crippen LogP contribution in [0.2, 0.25) is 0 Å². The van der Waals surface area contributed by atoms with E-state index in [1.807, 2.05) is 6.92 Å². The van der Waals surface area contributed by atoms with Crippen molar-refractivity contribution in [2.75, 3.05) is 6.54 Å². The van der Waals surface area contributed by atoms with Gasteiger partial charge in [0.05, 0.1) is 29.0 Å². The number of aromatic nitrogens is 2. The Labute approximate surface area is 246 Å². The van der Waals surface area contributed by atoms with Gasteiger partial charge >= 0.3 is 11.9 Å². The van der Waals surface area contributed by atoms with Gasteiger partial charge in [-0.3, -0.25) is 24.1 Å². The maximum atomic E-state index is 13.5. The average Bonchev–Trinajstić information content (AvgIpc) is 3.52. The standard InChI is InChI=1S/C32H31N3O8/c1-3-19-20-14-18(43-28(38)8-6-5-7-13-34-26(36)11-12-27(34)37)9-10-24(20)33-29-21(19)16-35-25(29)15-23-22(30(35)39)17-42-31(40)32(23,41)4-2/h9-12,14-15,41H,3-8,13,16-17H2,1-2H3/t32-/m0/s1. The van der Waals surface area contributed by atoms with E-state index in [0.29, 0.717) is 54.9 Å². The van der Waals surface area contributed by atoms with Crippen LogP contribution in [0.3, 0.4) is 0 Å². The molecule has 0 unspecified atom stereocenters. The van der Waals surface area contributed by atoms with Gasteiger partial charge < -0.3 is 19.1 Å². The molecule has 0 radical (unpaired) electrons. The summed E-state index contributed by atoms with van der Waals surface area (Å²) in [5.41, 5.74) is 2.01. The number of imide groups is 1. The highest BCUT2D eigenvalue weighted by molar-refractivity contribution is 6.12. The molecule has 6 rings (SSSR count). The molecule has 1 N–H and O–H groups in total. The van der Waals surface area contributed by atoms with Crippen LogP contribution in [0.1, 0.15) is 68.2 Å². The normalized spacial score (nSPS) is 18.6. The highest BCUT2D eigenvalue weighted by Crippen LogP contribution is 2.40. The van der Waals surface area contributed by atoms with E-state index >= 15 is 0 Å². The lowest BCUT2D eigenvalue weighted by atomic mass is 9.86. The van der Waals surface area contributed by atoms with E-state index in [2.05, 4.69) is 0 Å². The molecule has 1 atom stereocenters. The van der Waals surface area contributed by atoms with Gasteiger partial charge in [-0.05, 0) is 55.5 Å². The molecule has 222 valence electrons. The average molecular weight is 586 g/mol. The fraction of sp³-hybridized carbons (Fsp3) is 0.375. The topological polar surface area (TPSA) is 145 Å². The third kappa shape index (κ3) is 4.73. The predicted molar refractivity (Wildman–Crippen MR) is 154 cm³/mol. The summed E-state index contributed by atoms with van der Waals surface area (Å²) in [5, 5.41) is 11.9. The molecular formula is C32H31N3O8. The Balaban J connectivity index is 1.21. The van der Waals surface area contributed by atoms with Crippen molar-refractivity contribution in [1.29, 1.82) is 0 Å². The molecular weight excluding hydrogens is 554 g/mol. The molecule has 0 saturated heterocycles. The van der Waals surface area contributed by atoms with E-state index in [4.69, 9.17) is 14.5 Å². The largest absolute Gasteiger partial charge is 0.458 e. The molecule has 3 aromatic rings. The van der Waals surface area contributed by atoms with E-state index in [9.17, 15) is 29.1 Å². The molecule has 0 aliphatic carbocycles. The van der Waals surface area contributed by atoms with Crippen molar-refractivity contribution in [3.05, 3.63) is 69.0 Å². The third-order valence-electron chi connectivity index (χ3n) is 8.53. The second kappa shape index (κ2) is 10.9. The van der Waals surface area contributed by atoms with Gasteiger partial charge in [-0.15, -0.1) is 0 Å². The molecule has 2 aromatic heterocycles. The van der Waals surface area contributed by atoms with Crippen LogP contribution in [-0.2, 0) is 49.1 Å². The summed E-state index contributed by atoms with van der Waals surface area (Å²) in [6.45, 7) is 4.10. The molecule has 5 heterocycles. The van der Waals surface area contributed by atoms with Crippen molar-refractivity contribution in [2.24, 2.45) is 0 Å². The molecule has 11 nitrogen and oxygen atoms in total. The van der Waals surface area contributed by atoms with Crippen LogP contribution in [0.25, 0.3) is 22.3 Å². The first kappa shape index (κ1) is 28.5. The van der Waals surface area contributed by atoms with Gasteiger partial charge in [0.25, 0.3) is 17.4 Å². The minimum Gasteiger partial charge on any atom is -0.458 e. The molecule has 0 bridgehead atoms. The van der Waals surface area contributed by atoms with Crippen molar-refractivity contribution < 1.29 is 33.8 Å². The zero-order valence-corrected chi connectivity index (χ0v) is 24.0. The van der Waals surface area contributed by atoms with Gasteiger partial charge in [0.15, 0.2) is 5.60 Å². The lowest BCUT2D eigenvalue weighted by Crippen LogP contribution is -2.44. The Kier molecular flexibility index (Phi) is 7.21. The Bertz CT molecular complexity index is 1790. The Morgan fingerprint density at radius 1 is 1.05 bits per heavy atom. The fourth-order valence-corrected chi connectivity index (χ4v) is 6.16. The lowest BCUT2D eigenvalue weighted by molar-refractivity contribution is -0.172. The molecule has 3 aliphatic rings. The van der Waals surface area contributed by atoms with Crippen LogP contribution in [0.15, 0.2) is 41.2 Å². The molecule has 1 aromatic carbocycles. The van der Waals surface area contributed by atoms with Crippen molar-refractivity contribution >= 4 is 34.7 Å². The number of aliphatic hydroxyl groups is 1. The summed E-state index contributed by atoms with van der Waals surface area (Å²) in [5.74, 6) is -1.37. The summed E-state index contributed by atoms with van der Waals surface area (Å²) in [4.78, 5) is 67.9. The number of fused-ring (bicyclic) bond motifs is 5. The van der Waals surface area contributed by atoms with Crippen molar-refractivity contribution in [3.63, 3.8) is 0 Å². The summed E-state index contributed by atoms with van der Waals surface area (Å²) >= 11 is 0. The summed E-state index contributed by atoms with van der Waals surface area (Å²) in [6.07, 6.45) is 5.25. The number of ether oxygens (including phenoxy) is 2. The first-order valence-corrected chi connectivity index (χ1v) is 14.5. The molecule has 11 heteroatoms. The first-order valence-electron chi connectivity index (χ1n) is 14.5. The minimum absolute atomic E-state index is 0.0692. The Hall–Kier alpha value is -4.64.